The normalized spacial score (nSPS) is 12.4. The summed E-state index contributed by atoms with van der Waals surface area (Å²) in [6.45, 7) is 2.12. The van der Waals surface area contributed by atoms with Crippen LogP contribution in [0.5, 0.6) is 0 Å². The average molecular weight is 292 g/mol. The highest BCUT2D eigenvalue weighted by Crippen LogP contribution is 2.20. The minimum atomic E-state index is -0.293. The number of hydrogen-bond donors (Lipinski definition) is 1. The fourth-order valence-electron chi connectivity index (χ4n) is 2.33. The van der Waals surface area contributed by atoms with E-state index in [2.05, 4.69) is 30.4 Å². The van der Waals surface area contributed by atoms with Crippen LogP contribution in [0, 0.1) is 12.7 Å². The quantitative estimate of drug-likeness (QED) is 0.872. The molecule has 0 aliphatic carbocycles. The number of likely N-dealkylation sites (N-methyl/N-ethyl adjacent to an activating group) is 1. The molecule has 1 nitrogen and oxygen atoms in total. The van der Waals surface area contributed by atoms with Gasteiger partial charge in [0.1, 0.15) is 5.82 Å². The van der Waals surface area contributed by atoms with E-state index < -0.39 is 0 Å². The zero-order valence-electron chi connectivity index (χ0n) is 11.8. The van der Waals surface area contributed by atoms with Gasteiger partial charge in [0, 0.05) is 11.1 Å². The Bertz CT molecular complexity index is 583. The van der Waals surface area contributed by atoms with Crippen molar-refractivity contribution in [1.29, 1.82) is 0 Å². The van der Waals surface area contributed by atoms with Crippen molar-refractivity contribution in [2.24, 2.45) is 0 Å². The minimum absolute atomic E-state index is 0.277. The average Bonchev–Trinajstić information content (AvgIpc) is 2.43. The Balaban J connectivity index is 2.11. The van der Waals surface area contributed by atoms with Gasteiger partial charge in [-0.05, 0) is 55.6 Å². The molecule has 106 valence electrons. The highest BCUT2D eigenvalue weighted by Gasteiger charge is 2.12. The van der Waals surface area contributed by atoms with Crippen LogP contribution >= 0.6 is 11.6 Å². The van der Waals surface area contributed by atoms with E-state index in [9.17, 15) is 4.39 Å². The van der Waals surface area contributed by atoms with Crippen molar-refractivity contribution in [3.05, 3.63) is 70.0 Å². The van der Waals surface area contributed by atoms with Gasteiger partial charge in [-0.2, -0.15) is 0 Å². The van der Waals surface area contributed by atoms with Crippen molar-refractivity contribution in [3.8, 4) is 0 Å². The third-order valence-electron chi connectivity index (χ3n) is 3.62. The molecule has 1 N–H and O–H groups in total. The van der Waals surface area contributed by atoms with Crippen LogP contribution < -0.4 is 5.32 Å². The molecule has 2 aromatic carbocycles. The van der Waals surface area contributed by atoms with Crippen LogP contribution in [0.1, 0.15) is 16.7 Å². The molecule has 20 heavy (non-hydrogen) atoms. The van der Waals surface area contributed by atoms with Gasteiger partial charge in [-0.15, -0.1) is 0 Å². The summed E-state index contributed by atoms with van der Waals surface area (Å²) in [5.74, 6) is -0.293. The molecule has 0 radical (unpaired) electrons. The van der Waals surface area contributed by atoms with Crippen molar-refractivity contribution in [3.63, 3.8) is 0 Å². The second kappa shape index (κ2) is 6.87. The Labute approximate surface area is 124 Å². The van der Waals surface area contributed by atoms with Crippen LogP contribution in [0.3, 0.4) is 0 Å². The van der Waals surface area contributed by atoms with Gasteiger partial charge in [0.05, 0.1) is 0 Å². The van der Waals surface area contributed by atoms with Gasteiger partial charge in [-0.3, -0.25) is 0 Å². The Morgan fingerprint density at radius 2 is 1.80 bits per heavy atom. The molecule has 0 spiro atoms. The van der Waals surface area contributed by atoms with E-state index in [1.54, 1.807) is 6.07 Å². The zero-order chi connectivity index (χ0) is 14.5. The van der Waals surface area contributed by atoms with E-state index >= 15 is 0 Å². The van der Waals surface area contributed by atoms with Crippen LogP contribution in [0.25, 0.3) is 0 Å². The first-order valence-corrected chi connectivity index (χ1v) is 7.13. The van der Waals surface area contributed by atoms with Gasteiger partial charge in [0.2, 0.25) is 0 Å². The van der Waals surface area contributed by atoms with Gasteiger partial charge >= 0.3 is 0 Å². The molecule has 0 heterocycles. The summed E-state index contributed by atoms with van der Waals surface area (Å²) in [5.41, 5.74) is 3.59. The Hall–Kier alpha value is -1.38. The van der Waals surface area contributed by atoms with Gasteiger partial charge < -0.3 is 5.32 Å². The lowest BCUT2D eigenvalue weighted by Crippen LogP contribution is -2.30. The first kappa shape index (κ1) is 15.0. The van der Waals surface area contributed by atoms with E-state index in [1.165, 1.54) is 23.3 Å². The lowest BCUT2D eigenvalue weighted by molar-refractivity contribution is 0.554. The molecule has 2 aromatic rings. The van der Waals surface area contributed by atoms with E-state index in [0.29, 0.717) is 5.02 Å². The second-order valence-corrected chi connectivity index (χ2v) is 5.46. The van der Waals surface area contributed by atoms with Crippen molar-refractivity contribution in [2.45, 2.75) is 25.8 Å². The maximum Gasteiger partial charge on any atom is 0.124 e. The molecular formula is C17H19ClFN. The van der Waals surface area contributed by atoms with Crippen molar-refractivity contribution in [2.75, 3.05) is 7.05 Å². The fraction of sp³-hybridized carbons (Fsp3) is 0.294. The van der Waals surface area contributed by atoms with Crippen LogP contribution in [0.15, 0.2) is 42.5 Å². The van der Waals surface area contributed by atoms with Gasteiger partial charge in [-0.25, -0.2) is 4.39 Å². The number of hydrogen-bond acceptors (Lipinski definition) is 1. The fourth-order valence-corrected chi connectivity index (χ4v) is 2.58. The van der Waals surface area contributed by atoms with Crippen molar-refractivity contribution < 1.29 is 4.39 Å². The smallest absolute Gasteiger partial charge is 0.124 e. The molecule has 0 bridgehead atoms. The van der Waals surface area contributed by atoms with Crippen LogP contribution in [0.4, 0.5) is 4.39 Å². The zero-order valence-corrected chi connectivity index (χ0v) is 12.5. The van der Waals surface area contributed by atoms with Gasteiger partial charge in [0.25, 0.3) is 0 Å². The highest BCUT2D eigenvalue weighted by atomic mass is 35.5. The molecule has 0 fully saturated rings. The predicted octanol–water partition coefficient (Wildman–Crippen LogP) is 4.16. The van der Waals surface area contributed by atoms with Gasteiger partial charge in [-0.1, -0.05) is 41.9 Å². The summed E-state index contributed by atoms with van der Waals surface area (Å²) in [6.07, 6.45) is 1.71. The molecule has 0 saturated heterocycles. The Morgan fingerprint density at radius 3 is 2.45 bits per heavy atom. The van der Waals surface area contributed by atoms with Crippen LogP contribution in [0.2, 0.25) is 5.02 Å². The van der Waals surface area contributed by atoms with Crippen LogP contribution in [-0.2, 0) is 12.8 Å². The number of halogens is 2. The summed E-state index contributed by atoms with van der Waals surface area (Å²) >= 11 is 6.10. The first-order valence-electron chi connectivity index (χ1n) is 6.76. The number of nitrogens with one attached hydrogen (secondary N) is 1. The maximum absolute atomic E-state index is 13.1. The van der Waals surface area contributed by atoms with Crippen molar-refractivity contribution in [1.82, 2.24) is 5.32 Å². The molecule has 2 rings (SSSR count). The SMILES string of the molecule is CNC(Cc1ccccc1C)Cc1ccc(F)cc1Cl. The second-order valence-electron chi connectivity index (χ2n) is 5.06. The molecule has 0 saturated carbocycles. The monoisotopic (exact) mass is 291 g/mol. The standard InChI is InChI=1S/C17H19ClFN/c1-12-5-3-4-6-13(12)9-16(20-2)10-14-7-8-15(19)11-17(14)18/h3-8,11,16,20H,9-10H2,1-2H3. The third-order valence-corrected chi connectivity index (χ3v) is 3.97. The molecular weight excluding hydrogens is 273 g/mol. The largest absolute Gasteiger partial charge is 0.316 e. The first-order chi connectivity index (χ1) is 9.60. The summed E-state index contributed by atoms with van der Waals surface area (Å²) < 4.78 is 13.1. The summed E-state index contributed by atoms with van der Waals surface area (Å²) in [5, 5.41) is 3.81. The molecule has 0 aromatic heterocycles. The number of rotatable bonds is 5. The topological polar surface area (TPSA) is 12.0 Å². The lowest BCUT2D eigenvalue weighted by Gasteiger charge is -2.18. The van der Waals surface area contributed by atoms with E-state index in [1.807, 2.05) is 13.1 Å². The summed E-state index contributed by atoms with van der Waals surface area (Å²) in [6, 6.07) is 13.2. The lowest BCUT2D eigenvalue weighted by atomic mass is 9.96. The number of benzene rings is 2. The van der Waals surface area contributed by atoms with E-state index in [-0.39, 0.29) is 11.9 Å². The van der Waals surface area contributed by atoms with E-state index in [4.69, 9.17) is 11.6 Å². The predicted molar refractivity (Wildman–Crippen MR) is 82.8 cm³/mol. The van der Waals surface area contributed by atoms with Crippen molar-refractivity contribution >= 4 is 11.6 Å². The van der Waals surface area contributed by atoms with Gasteiger partial charge in [0.15, 0.2) is 0 Å². The van der Waals surface area contributed by atoms with E-state index in [0.717, 1.165) is 18.4 Å². The molecule has 3 heteroatoms. The molecule has 0 aliphatic rings. The molecule has 0 aliphatic heterocycles. The molecule has 0 amide bonds. The summed E-state index contributed by atoms with van der Waals surface area (Å²) in [7, 11) is 1.94. The third kappa shape index (κ3) is 3.81. The number of aryl methyl sites for hydroxylation is 1. The Kier molecular flexibility index (Phi) is 5.16. The van der Waals surface area contributed by atoms with Crippen LogP contribution in [-0.4, -0.2) is 13.1 Å². The minimum Gasteiger partial charge on any atom is -0.316 e. The molecule has 1 atom stereocenters. The Morgan fingerprint density at radius 1 is 1.10 bits per heavy atom. The molecule has 1 unspecified atom stereocenters. The highest BCUT2D eigenvalue weighted by molar-refractivity contribution is 6.31. The maximum atomic E-state index is 13.1. The summed E-state index contributed by atoms with van der Waals surface area (Å²) in [4.78, 5) is 0.